The number of carboxylic acids is 2. The lowest BCUT2D eigenvalue weighted by Gasteiger charge is -2.24. The van der Waals surface area contributed by atoms with Crippen molar-refractivity contribution in [3.8, 4) is 11.5 Å². The summed E-state index contributed by atoms with van der Waals surface area (Å²) in [6.45, 7) is 0. The van der Waals surface area contributed by atoms with Gasteiger partial charge in [-0.1, -0.05) is 30.3 Å². The van der Waals surface area contributed by atoms with Crippen molar-refractivity contribution in [3.63, 3.8) is 0 Å². The third-order valence-corrected chi connectivity index (χ3v) is 7.61. The molecule has 0 saturated heterocycles. The average molecular weight is 673 g/mol. The minimum absolute atomic E-state index is 0.0815. The Labute approximate surface area is 285 Å². The van der Waals surface area contributed by atoms with E-state index in [0.29, 0.717) is 11.5 Å². The van der Waals surface area contributed by atoms with Gasteiger partial charge in [0.05, 0.1) is 47.8 Å². The molecule has 0 unspecified atom stereocenters. The summed E-state index contributed by atoms with van der Waals surface area (Å²) in [7, 11) is 2.88. The Morgan fingerprint density at radius 3 is 1.10 bits per heavy atom. The molecule has 2 N–H and O–H groups in total. The second-order valence-electron chi connectivity index (χ2n) is 10.6. The van der Waals surface area contributed by atoms with Crippen LogP contribution in [0.4, 0.5) is 11.4 Å². The second-order valence-corrected chi connectivity index (χ2v) is 10.6. The zero-order valence-corrected chi connectivity index (χ0v) is 26.6. The Balaban J connectivity index is 1.60. The van der Waals surface area contributed by atoms with E-state index in [9.17, 15) is 39.0 Å². The molecule has 0 atom stereocenters. The van der Waals surface area contributed by atoms with Crippen LogP contribution in [-0.2, 0) is 0 Å². The zero-order chi connectivity index (χ0) is 35.9. The minimum atomic E-state index is -1.38. The fraction of sp³-hybridized carbons (Fsp3) is 0.0526. The highest BCUT2D eigenvalue weighted by Crippen LogP contribution is 2.28. The first-order chi connectivity index (χ1) is 24.0. The number of hydrogen-bond donors (Lipinski definition) is 2. The van der Waals surface area contributed by atoms with E-state index in [1.165, 1.54) is 136 Å². The first-order valence-electron chi connectivity index (χ1n) is 14.9. The lowest BCUT2D eigenvalue weighted by Crippen LogP contribution is -2.39. The number of ether oxygens (including phenoxy) is 2. The summed E-state index contributed by atoms with van der Waals surface area (Å²) >= 11 is 0. The van der Waals surface area contributed by atoms with Gasteiger partial charge >= 0.3 is 11.9 Å². The number of aromatic carboxylic acids is 2. The van der Waals surface area contributed by atoms with Crippen LogP contribution in [0.3, 0.4) is 0 Å². The van der Waals surface area contributed by atoms with Gasteiger partial charge in [-0.2, -0.15) is 0 Å². The van der Waals surface area contributed by atoms with Crippen molar-refractivity contribution in [1.82, 2.24) is 0 Å². The van der Waals surface area contributed by atoms with Gasteiger partial charge in [-0.05, 0) is 91.0 Å². The lowest BCUT2D eigenvalue weighted by atomic mass is 10.0. The number of hydrogen-bond acceptors (Lipinski definition) is 8. The normalized spacial score (nSPS) is 10.4. The molecule has 0 spiro atoms. The topological polar surface area (TPSA) is 168 Å². The van der Waals surface area contributed by atoms with E-state index < -0.39 is 35.6 Å². The maximum Gasteiger partial charge on any atom is 0.336 e. The molecule has 0 heterocycles. The molecule has 12 heteroatoms. The number of amides is 4. The van der Waals surface area contributed by atoms with E-state index in [1.807, 2.05) is 0 Å². The molecule has 0 aliphatic heterocycles. The van der Waals surface area contributed by atoms with E-state index in [2.05, 4.69) is 0 Å². The highest BCUT2D eigenvalue weighted by atomic mass is 16.5. The molecule has 0 bridgehead atoms. The third-order valence-electron chi connectivity index (χ3n) is 7.61. The van der Waals surface area contributed by atoms with Gasteiger partial charge in [-0.25, -0.2) is 19.4 Å². The van der Waals surface area contributed by atoms with Gasteiger partial charge in [0.2, 0.25) is 0 Å². The van der Waals surface area contributed by atoms with E-state index in [1.54, 1.807) is 0 Å². The summed E-state index contributed by atoms with van der Waals surface area (Å²) < 4.78 is 10.4. The molecule has 5 aromatic rings. The van der Waals surface area contributed by atoms with Crippen LogP contribution in [0.25, 0.3) is 0 Å². The number of benzene rings is 5. The van der Waals surface area contributed by atoms with Crippen LogP contribution in [0.5, 0.6) is 11.5 Å². The van der Waals surface area contributed by atoms with Gasteiger partial charge in [-0.15, -0.1) is 0 Å². The van der Waals surface area contributed by atoms with Crippen molar-refractivity contribution in [2.24, 2.45) is 0 Å². The highest BCUT2D eigenvalue weighted by molar-refractivity contribution is 6.29. The van der Waals surface area contributed by atoms with Gasteiger partial charge in [0.1, 0.15) is 11.5 Å². The van der Waals surface area contributed by atoms with Crippen LogP contribution in [0, 0.1) is 0 Å². The molecule has 4 amide bonds. The zero-order valence-electron chi connectivity index (χ0n) is 26.6. The van der Waals surface area contributed by atoms with E-state index in [-0.39, 0.29) is 44.8 Å². The number of imide groups is 2. The van der Waals surface area contributed by atoms with E-state index in [4.69, 9.17) is 9.47 Å². The van der Waals surface area contributed by atoms with Crippen LogP contribution in [0.15, 0.2) is 121 Å². The summed E-state index contributed by atoms with van der Waals surface area (Å²) in [6.07, 6.45) is 0. The summed E-state index contributed by atoms with van der Waals surface area (Å²) in [6, 6.07) is 27.9. The van der Waals surface area contributed by atoms with Crippen LogP contribution in [-0.4, -0.2) is 60.0 Å². The van der Waals surface area contributed by atoms with Gasteiger partial charge < -0.3 is 19.7 Å². The fourth-order valence-corrected chi connectivity index (χ4v) is 5.11. The number of carbonyl (C=O) groups is 6. The molecule has 250 valence electrons. The number of nitrogens with zero attached hydrogens (tertiary/aromatic N) is 2. The Bertz CT molecular complexity index is 1980. The maximum atomic E-state index is 14.2. The van der Waals surface area contributed by atoms with Crippen LogP contribution >= 0.6 is 0 Å². The van der Waals surface area contributed by atoms with E-state index >= 15 is 0 Å². The molecule has 0 radical (unpaired) electrons. The first-order valence-corrected chi connectivity index (χ1v) is 14.9. The highest BCUT2D eigenvalue weighted by Gasteiger charge is 2.32. The Kier molecular flexibility index (Phi) is 10.1. The predicted octanol–water partition coefficient (Wildman–Crippen LogP) is 6.07. The fourth-order valence-electron chi connectivity index (χ4n) is 5.11. The van der Waals surface area contributed by atoms with Gasteiger partial charge in [0.25, 0.3) is 23.6 Å². The van der Waals surface area contributed by atoms with Crippen LogP contribution in [0.1, 0.15) is 62.1 Å². The molecule has 5 aromatic carbocycles. The quantitative estimate of drug-likeness (QED) is 0.166. The molecular formula is C38H28N2O10. The number of methoxy groups -OCH3 is 2. The third kappa shape index (κ3) is 6.94. The standard InChI is InChI=1S/C38H28N2O10/c1-49-27-18-14-25(15-19-27)39(35(43)29-10-3-5-12-31(29)37(45)46)33(41)23-8-7-9-24(22-23)34(42)40(26-16-20-28(50-2)21-17-26)36(44)30-11-4-6-13-32(30)38(47)48/h3-22H,1-2H3,(H,45,46)(H,47,48). The van der Waals surface area contributed by atoms with Crippen molar-refractivity contribution in [1.29, 1.82) is 0 Å². The van der Waals surface area contributed by atoms with Crippen molar-refractivity contribution in [2.45, 2.75) is 0 Å². The van der Waals surface area contributed by atoms with Crippen LogP contribution in [0.2, 0.25) is 0 Å². The molecule has 0 saturated carbocycles. The predicted molar refractivity (Wildman–Crippen MR) is 182 cm³/mol. The summed E-state index contributed by atoms with van der Waals surface area (Å²) in [4.78, 5) is 81.9. The molecule has 0 aliphatic rings. The van der Waals surface area contributed by atoms with Crippen molar-refractivity contribution < 1.29 is 48.5 Å². The Hall–Kier alpha value is -7.08. The van der Waals surface area contributed by atoms with Gasteiger partial charge in [0, 0.05) is 11.1 Å². The minimum Gasteiger partial charge on any atom is -0.497 e. The molecule has 0 fully saturated rings. The molecule has 5 rings (SSSR count). The Morgan fingerprint density at radius 2 is 0.780 bits per heavy atom. The average Bonchev–Trinajstić information content (AvgIpc) is 3.15. The molecule has 12 nitrogen and oxygen atoms in total. The smallest absolute Gasteiger partial charge is 0.336 e. The van der Waals surface area contributed by atoms with Gasteiger partial charge in [-0.3, -0.25) is 19.2 Å². The summed E-state index contributed by atoms with van der Waals surface area (Å²) in [5.74, 6) is -5.61. The summed E-state index contributed by atoms with van der Waals surface area (Å²) in [5, 5.41) is 19.5. The van der Waals surface area contributed by atoms with Gasteiger partial charge in [0.15, 0.2) is 0 Å². The van der Waals surface area contributed by atoms with Crippen molar-refractivity contribution >= 4 is 46.9 Å². The maximum absolute atomic E-state index is 14.2. The monoisotopic (exact) mass is 672 g/mol. The number of carboxylic acid groups (broad SMARTS) is 2. The number of rotatable bonds is 10. The lowest BCUT2D eigenvalue weighted by molar-refractivity contribution is 0.0682. The first kappa shape index (κ1) is 34.3. The molecule has 0 aromatic heterocycles. The summed E-state index contributed by atoms with van der Waals surface area (Å²) in [5.41, 5.74) is -1.32. The largest absolute Gasteiger partial charge is 0.497 e. The van der Waals surface area contributed by atoms with Crippen molar-refractivity contribution in [2.75, 3.05) is 24.0 Å². The molecule has 0 aliphatic carbocycles. The molecular weight excluding hydrogens is 644 g/mol. The number of anilines is 2. The van der Waals surface area contributed by atoms with Crippen LogP contribution < -0.4 is 19.3 Å². The molecule has 50 heavy (non-hydrogen) atoms. The van der Waals surface area contributed by atoms with Crippen molar-refractivity contribution in [3.05, 3.63) is 155 Å². The number of carbonyl (C=O) groups excluding carboxylic acids is 4. The Morgan fingerprint density at radius 1 is 0.440 bits per heavy atom. The SMILES string of the molecule is COc1ccc(N(C(=O)c2cccc(C(=O)N(C(=O)c3ccccc3C(=O)O)c3ccc(OC)cc3)c2)C(=O)c2ccccc2C(=O)O)cc1. The van der Waals surface area contributed by atoms with E-state index in [0.717, 1.165) is 9.80 Å². The second kappa shape index (κ2) is 14.8.